The van der Waals surface area contributed by atoms with E-state index < -0.39 is 0 Å². The Morgan fingerprint density at radius 1 is 1.25 bits per heavy atom. The Balaban J connectivity index is 1.78. The van der Waals surface area contributed by atoms with Gasteiger partial charge in [-0.3, -0.25) is 0 Å². The van der Waals surface area contributed by atoms with E-state index >= 15 is 0 Å². The fourth-order valence-electron chi connectivity index (χ4n) is 2.72. The first-order valence-corrected chi connectivity index (χ1v) is 8.55. The molecule has 1 aliphatic rings. The number of hydrogen-bond donors (Lipinski definition) is 1. The fourth-order valence-corrected chi connectivity index (χ4v) is 4.49. The maximum atomic E-state index is 13.1. The molecule has 1 atom stereocenters. The number of fused-ring (bicyclic) bond motifs is 1. The second kappa shape index (κ2) is 5.96. The lowest BCUT2D eigenvalue weighted by molar-refractivity contribution is 0.624. The predicted octanol–water partition coefficient (Wildman–Crippen LogP) is 4.77. The summed E-state index contributed by atoms with van der Waals surface area (Å²) in [6.07, 6.45) is 5.72. The highest BCUT2D eigenvalue weighted by molar-refractivity contribution is 9.10. The molecule has 0 saturated heterocycles. The van der Waals surface area contributed by atoms with Crippen molar-refractivity contribution in [3.05, 3.63) is 55.4 Å². The van der Waals surface area contributed by atoms with Crippen LogP contribution in [-0.2, 0) is 19.3 Å². The summed E-state index contributed by atoms with van der Waals surface area (Å²) in [4.78, 5) is 2.77. The molecule has 1 aromatic heterocycles. The summed E-state index contributed by atoms with van der Waals surface area (Å²) in [5.74, 6) is -0.221. The quantitative estimate of drug-likeness (QED) is 0.844. The molecular weight excluding hydrogens is 337 g/mol. The van der Waals surface area contributed by atoms with E-state index in [1.807, 2.05) is 17.4 Å². The molecule has 0 radical (unpaired) electrons. The van der Waals surface area contributed by atoms with Crippen molar-refractivity contribution in [3.63, 3.8) is 0 Å². The molecule has 1 nitrogen and oxygen atoms in total. The topological polar surface area (TPSA) is 26.0 Å². The summed E-state index contributed by atoms with van der Waals surface area (Å²) in [5, 5.41) is 0. The van der Waals surface area contributed by atoms with Crippen LogP contribution in [0.1, 0.15) is 39.8 Å². The molecule has 1 heterocycles. The second-order valence-corrected chi connectivity index (χ2v) is 7.37. The molecule has 0 aliphatic heterocycles. The molecule has 106 valence electrons. The van der Waals surface area contributed by atoms with E-state index in [0.717, 1.165) is 16.5 Å². The Morgan fingerprint density at radius 2 is 2.05 bits per heavy atom. The maximum absolute atomic E-state index is 13.1. The monoisotopic (exact) mass is 353 g/mol. The van der Waals surface area contributed by atoms with Crippen molar-refractivity contribution in [1.29, 1.82) is 0 Å². The van der Waals surface area contributed by atoms with Gasteiger partial charge in [0, 0.05) is 20.3 Å². The SMILES string of the molecule is NC(Cc1ccc(F)cc1Br)c1cc2c(s1)CCCC2. The van der Waals surface area contributed by atoms with Crippen molar-refractivity contribution in [2.45, 2.75) is 38.1 Å². The van der Waals surface area contributed by atoms with Gasteiger partial charge in [0.25, 0.3) is 0 Å². The van der Waals surface area contributed by atoms with E-state index in [9.17, 15) is 4.39 Å². The molecule has 4 heteroatoms. The number of nitrogens with two attached hydrogens (primary N) is 1. The third-order valence-corrected chi connectivity index (χ3v) is 5.94. The van der Waals surface area contributed by atoms with Gasteiger partial charge < -0.3 is 5.73 Å². The Kier molecular flexibility index (Phi) is 4.24. The zero-order valence-electron chi connectivity index (χ0n) is 11.2. The third kappa shape index (κ3) is 2.97. The van der Waals surface area contributed by atoms with E-state index in [-0.39, 0.29) is 11.9 Å². The van der Waals surface area contributed by atoms with Gasteiger partial charge in [-0.25, -0.2) is 4.39 Å². The van der Waals surface area contributed by atoms with E-state index in [0.29, 0.717) is 0 Å². The van der Waals surface area contributed by atoms with Crippen molar-refractivity contribution in [3.8, 4) is 0 Å². The first-order chi connectivity index (χ1) is 9.63. The van der Waals surface area contributed by atoms with Gasteiger partial charge in [-0.1, -0.05) is 22.0 Å². The van der Waals surface area contributed by atoms with Gasteiger partial charge in [-0.2, -0.15) is 0 Å². The van der Waals surface area contributed by atoms with Gasteiger partial charge in [-0.05, 0) is 61.4 Å². The van der Waals surface area contributed by atoms with Crippen LogP contribution in [0.25, 0.3) is 0 Å². The van der Waals surface area contributed by atoms with Crippen LogP contribution in [0, 0.1) is 5.82 Å². The highest BCUT2D eigenvalue weighted by Crippen LogP contribution is 2.34. The average Bonchev–Trinajstić information content (AvgIpc) is 2.86. The minimum Gasteiger partial charge on any atom is -0.323 e. The Labute approximate surface area is 131 Å². The fraction of sp³-hybridized carbons (Fsp3) is 0.375. The summed E-state index contributed by atoms with van der Waals surface area (Å²) in [7, 11) is 0. The summed E-state index contributed by atoms with van der Waals surface area (Å²) in [6, 6.07) is 7.08. The Morgan fingerprint density at radius 3 is 2.80 bits per heavy atom. The van der Waals surface area contributed by atoms with Crippen molar-refractivity contribution < 1.29 is 4.39 Å². The molecule has 1 aromatic carbocycles. The first-order valence-electron chi connectivity index (χ1n) is 6.94. The third-order valence-electron chi connectivity index (χ3n) is 3.84. The van der Waals surface area contributed by atoms with E-state index in [2.05, 4.69) is 22.0 Å². The Bertz CT molecular complexity index is 599. The van der Waals surface area contributed by atoms with Crippen molar-refractivity contribution >= 4 is 27.3 Å². The van der Waals surface area contributed by atoms with Crippen LogP contribution in [0.15, 0.2) is 28.7 Å². The van der Waals surface area contributed by atoms with Gasteiger partial charge in [0.1, 0.15) is 5.82 Å². The summed E-state index contributed by atoms with van der Waals surface area (Å²) in [5.41, 5.74) is 8.89. The molecular formula is C16H17BrFNS. The number of halogens is 2. The minimum atomic E-state index is -0.221. The highest BCUT2D eigenvalue weighted by atomic mass is 79.9. The van der Waals surface area contributed by atoms with Crippen molar-refractivity contribution in [2.24, 2.45) is 5.73 Å². The van der Waals surface area contributed by atoms with E-state index in [1.165, 1.54) is 53.1 Å². The number of aryl methyl sites for hydroxylation is 2. The molecule has 3 rings (SSSR count). The van der Waals surface area contributed by atoms with Crippen LogP contribution in [0.3, 0.4) is 0 Å². The van der Waals surface area contributed by atoms with Gasteiger partial charge in [-0.15, -0.1) is 11.3 Å². The lowest BCUT2D eigenvalue weighted by Gasteiger charge is -2.11. The molecule has 0 fully saturated rings. The zero-order valence-corrected chi connectivity index (χ0v) is 13.6. The predicted molar refractivity (Wildman–Crippen MR) is 85.7 cm³/mol. The number of rotatable bonds is 3. The molecule has 0 saturated carbocycles. The Hall–Kier alpha value is -0.710. The highest BCUT2D eigenvalue weighted by Gasteiger charge is 2.17. The first kappa shape index (κ1) is 14.2. The van der Waals surface area contributed by atoms with Crippen LogP contribution in [0.2, 0.25) is 0 Å². The van der Waals surface area contributed by atoms with Crippen LogP contribution >= 0.6 is 27.3 Å². The standard InChI is InChI=1S/C16H17BrFNS/c17-13-9-12(18)6-5-10(13)7-14(19)16-8-11-3-1-2-4-15(11)20-16/h5-6,8-9,14H,1-4,7,19H2. The molecule has 0 spiro atoms. The van der Waals surface area contributed by atoms with Crippen LogP contribution in [0.4, 0.5) is 4.39 Å². The van der Waals surface area contributed by atoms with Crippen molar-refractivity contribution in [1.82, 2.24) is 0 Å². The molecule has 2 aromatic rings. The van der Waals surface area contributed by atoms with Crippen LogP contribution < -0.4 is 5.73 Å². The summed E-state index contributed by atoms with van der Waals surface area (Å²) in [6.45, 7) is 0. The molecule has 2 N–H and O–H groups in total. The smallest absolute Gasteiger partial charge is 0.124 e. The molecule has 1 aliphatic carbocycles. The summed E-state index contributed by atoms with van der Waals surface area (Å²) >= 11 is 5.27. The van der Waals surface area contributed by atoms with Crippen molar-refractivity contribution in [2.75, 3.05) is 0 Å². The minimum absolute atomic E-state index is 0.00707. The van der Waals surface area contributed by atoms with Gasteiger partial charge in [0.05, 0.1) is 0 Å². The molecule has 20 heavy (non-hydrogen) atoms. The average molecular weight is 354 g/mol. The van der Waals surface area contributed by atoms with Gasteiger partial charge in [0.2, 0.25) is 0 Å². The van der Waals surface area contributed by atoms with Gasteiger partial charge >= 0.3 is 0 Å². The second-order valence-electron chi connectivity index (χ2n) is 5.35. The number of benzene rings is 1. The maximum Gasteiger partial charge on any atom is 0.124 e. The molecule has 0 amide bonds. The largest absolute Gasteiger partial charge is 0.323 e. The van der Waals surface area contributed by atoms with Crippen LogP contribution in [0.5, 0.6) is 0 Å². The normalized spacial score (nSPS) is 15.9. The van der Waals surface area contributed by atoms with E-state index in [1.54, 1.807) is 0 Å². The molecule has 1 unspecified atom stereocenters. The lowest BCUT2D eigenvalue weighted by Crippen LogP contribution is -2.12. The van der Waals surface area contributed by atoms with Gasteiger partial charge in [0.15, 0.2) is 0 Å². The summed E-state index contributed by atoms with van der Waals surface area (Å²) < 4.78 is 13.9. The van der Waals surface area contributed by atoms with Crippen LogP contribution in [-0.4, -0.2) is 0 Å². The van der Waals surface area contributed by atoms with E-state index in [4.69, 9.17) is 5.73 Å². The zero-order chi connectivity index (χ0) is 14.1. The molecule has 0 bridgehead atoms. The lowest BCUT2D eigenvalue weighted by atomic mass is 9.98. The number of thiophene rings is 1. The number of hydrogen-bond acceptors (Lipinski definition) is 2.